The molecule has 0 saturated carbocycles. The number of anilines is 2. The molecule has 2 rings (SSSR count). The molecule has 0 aliphatic carbocycles. The van der Waals surface area contributed by atoms with E-state index in [-0.39, 0.29) is 41.9 Å². The summed E-state index contributed by atoms with van der Waals surface area (Å²) in [5, 5.41) is 11.1. The van der Waals surface area contributed by atoms with Crippen LogP contribution < -0.4 is 26.6 Å². The van der Waals surface area contributed by atoms with E-state index in [1.807, 2.05) is 20.8 Å². The summed E-state index contributed by atoms with van der Waals surface area (Å²) in [4.78, 5) is 51.6. The number of nitro benzene ring substituents is 1. The van der Waals surface area contributed by atoms with Crippen molar-refractivity contribution in [1.29, 1.82) is 0 Å². The number of nitrogens with two attached hydrogens (primary N) is 1. The molecule has 0 atom stereocenters. The largest absolute Gasteiger partial charge is 0.477 e. The van der Waals surface area contributed by atoms with E-state index >= 15 is 0 Å². The molecular weight excluding hydrogens is 406 g/mol. The predicted octanol–water partition coefficient (Wildman–Crippen LogP) is 1.90. The Morgan fingerprint density at radius 2 is 2.00 bits per heavy atom. The highest BCUT2D eigenvalue weighted by molar-refractivity contribution is 5.96. The van der Waals surface area contributed by atoms with Crippen molar-refractivity contribution in [3.05, 3.63) is 55.2 Å². The number of amides is 1. The van der Waals surface area contributed by atoms with Crippen LogP contribution in [-0.2, 0) is 11.3 Å². The molecule has 0 aliphatic heterocycles. The molecule has 31 heavy (non-hydrogen) atoms. The normalized spacial score (nSPS) is 10.8. The first-order valence-corrected chi connectivity index (χ1v) is 9.96. The molecule has 0 spiro atoms. The number of aromatic nitrogens is 2. The molecule has 1 aromatic heterocycles. The fraction of sp³-hybridized carbons (Fsp3) is 0.450. The third-order valence-electron chi connectivity index (χ3n) is 4.48. The zero-order chi connectivity index (χ0) is 23.1. The topological polar surface area (TPSA) is 154 Å². The van der Waals surface area contributed by atoms with Crippen molar-refractivity contribution in [2.75, 3.05) is 23.8 Å². The van der Waals surface area contributed by atoms with E-state index in [2.05, 4.69) is 4.98 Å². The number of benzene rings is 1. The molecule has 0 fully saturated rings. The third-order valence-corrected chi connectivity index (χ3v) is 4.48. The molecule has 2 aromatic rings. The summed E-state index contributed by atoms with van der Waals surface area (Å²) < 4.78 is 6.61. The number of rotatable bonds is 10. The number of nitrogen functional groups attached to an aromatic ring is 1. The van der Waals surface area contributed by atoms with Crippen molar-refractivity contribution < 1.29 is 14.5 Å². The fourth-order valence-corrected chi connectivity index (χ4v) is 3.01. The number of aromatic amines is 1. The minimum atomic E-state index is -0.780. The number of unbranched alkanes of at least 4 members (excludes halogenated alkanes) is 1. The molecule has 0 aliphatic rings. The molecule has 3 N–H and O–H groups in total. The Balaban J connectivity index is 2.40. The number of para-hydroxylation sites is 2. The number of carbonyl (C=O) groups excluding carboxylic acids is 1. The van der Waals surface area contributed by atoms with Gasteiger partial charge in [-0.25, -0.2) is 4.79 Å². The van der Waals surface area contributed by atoms with Crippen LogP contribution in [0.5, 0.6) is 5.75 Å². The highest BCUT2D eigenvalue weighted by atomic mass is 16.6. The number of nitro groups is 1. The van der Waals surface area contributed by atoms with Crippen LogP contribution in [0.3, 0.4) is 0 Å². The average molecular weight is 433 g/mol. The lowest BCUT2D eigenvalue weighted by atomic mass is 10.2. The Labute approximate surface area is 178 Å². The first-order valence-electron chi connectivity index (χ1n) is 9.96. The standard InChI is InChI=1S/C20H27N5O6/c1-4-5-10-23(16(26)12-31-15-9-7-6-8-14(15)25(29)30)17-18(21)24(11-13(2)3)20(28)22-19(17)27/h6-9,13H,4-5,10-12,21H2,1-3H3,(H,22,27,28). The zero-order valence-electron chi connectivity index (χ0n) is 17.8. The molecule has 0 radical (unpaired) electrons. The maximum atomic E-state index is 13.0. The van der Waals surface area contributed by atoms with Crippen molar-refractivity contribution in [2.24, 2.45) is 5.92 Å². The first-order chi connectivity index (χ1) is 14.7. The minimum absolute atomic E-state index is 0.0667. The zero-order valence-corrected chi connectivity index (χ0v) is 17.8. The Morgan fingerprint density at radius 1 is 1.32 bits per heavy atom. The van der Waals surface area contributed by atoms with Gasteiger partial charge in [0.1, 0.15) is 5.82 Å². The van der Waals surface area contributed by atoms with E-state index in [1.54, 1.807) is 6.07 Å². The van der Waals surface area contributed by atoms with Crippen LogP contribution in [0.1, 0.15) is 33.6 Å². The van der Waals surface area contributed by atoms with E-state index in [9.17, 15) is 24.5 Å². The second-order valence-electron chi connectivity index (χ2n) is 7.41. The lowest BCUT2D eigenvalue weighted by Gasteiger charge is -2.24. The van der Waals surface area contributed by atoms with Gasteiger partial charge in [0.25, 0.3) is 11.5 Å². The molecule has 0 saturated heterocycles. The van der Waals surface area contributed by atoms with Gasteiger partial charge in [-0.15, -0.1) is 0 Å². The predicted molar refractivity (Wildman–Crippen MR) is 116 cm³/mol. The molecule has 1 amide bonds. The van der Waals surface area contributed by atoms with Gasteiger partial charge >= 0.3 is 11.4 Å². The molecule has 1 heterocycles. The summed E-state index contributed by atoms with van der Waals surface area (Å²) in [6.45, 7) is 5.57. The summed E-state index contributed by atoms with van der Waals surface area (Å²) >= 11 is 0. The number of hydrogen-bond acceptors (Lipinski definition) is 7. The van der Waals surface area contributed by atoms with Gasteiger partial charge in [-0.1, -0.05) is 39.3 Å². The van der Waals surface area contributed by atoms with Gasteiger partial charge in [0, 0.05) is 19.2 Å². The molecule has 11 nitrogen and oxygen atoms in total. The van der Waals surface area contributed by atoms with Gasteiger partial charge in [0.15, 0.2) is 18.0 Å². The molecule has 0 unspecified atom stereocenters. The van der Waals surface area contributed by atoms with E-state index < -0.39 is 28.7 Å². The van der Waals surface area contributed by atoms with Crippen molar-refractivity contribution in [3.63, 3.8) is 0 Å². The maximum absolute atomic E-state index is 13.0. The monoisotopic (exact) mass is 433 g/mol. The smallest absolute Gasteiger partial charge is 0.330 e. The number of H-pyrrole nitrogens is 1. The van der Waals surface area contributed by atoms with Gasteiger partial charge in [0.2, 0.25) is 0 Å². The van der Waals surface area contributed by atoms with Crippen LogP contribution in [0.25, 0.3) is 0 Å². The highest BCUT2D eigenvalue weighted by Crippen LogP contribution is 2.26. The summed E-state index contributed by atoms with van der Waals surface area (Å²) in [5.74, 6) is -0.723. The second kappa shape index (κ2) is 10.4. The van der Waals surface area contributed by atoms with E-state index in [0.717, 1.165) is 6.42 Å². The van der Waals surface area contributed by atoms with Crippen LogP contribution in [0.2, 0.25) is 0 Å². The quantitative estimate of drug-likeness (QED) is 0.428. The van der Waals surface area contributed by atoms with Crippen molar-refractivity contribution in [1.82, 2.24) is 9.55 Å². The lowest BCUT2D eigenvalue weighted by Crippen LogP contribution is -2.43. The second-order valence-corrected chi connectivity index (χ2v) is 7.41. The van der Waals surface area contributed by atoms with Crippen LogP contribution in [0.15, 0.2) is 33.9 Å². The Kier molecular flexibility index (Phi) is 7.94. The Hall–Kier alpha value is -3.63. The van der Waals surface area contributed by atoms with Gasteiger partial charge in [-0.3, -0.25) is 29.3 Å². The SMILES string of the molecule is CCCCN(C(=O)COc1ccccc1[N+](=O)[O-])c1c(N)n(CC(C)C)c(=O)[nH]c1=O. The average Bonchev–Trinajstić information content (AvgIpc) is 2.71. The van der Waals surface area contributed by atoms with Crippen LogP contribution >= 0.6 is 0 Å². The summed E-state index contributed by atoms with van der Waals surface area (Å²) in [6, 6.07) is 5.68. The number of hydrogen-bond donors (Lipinski definition) is 2. The number of carbonyl (C=O) groups is 1. The van der Waals surface area contributed by atoms with E-state index in [0.29, 0.717) is 6.42 Å². The first kappa shape index (κ1) is 23.6. The summed E-state index contributed by atoms with van der Waals surface area (Å²) in [6.07, 6.45) is 1.30. The fourth-order valence-electron chi connectivity index (χ4n) is 3.01. The van der Waals surface area contributed by atoms with Crippen LogP contribution in [0.4, 0.5) is 17.2 Å². The summed E-state index contributed by atoms with van der Waals surface area (Å²) in [5.41, 5.74) is 4.29. The molecule has 11 heteroatoms. The molecule has 168 valence electrons. The Morgan fingerprint density at radius 3 is 2.61 bits per heavy atom. The highest BCUT2D eigenvalue weighted by Gasteiger charge is 2.25. The Bertz CT molecular complexity index is 1060. The number of ether oxygens (including phenoxy) is 1. The summed E-state index contributed by atoms with van der Waals surface area (Å²) in [7, 11) is 0. The van der Waals surface area contributed by atoms with Gasteiger partial charge < -0.3 is 15.4 Å². The minimum Gasteiger partial charge on any atom is -0.477 e. The van der Waals surface area contributed by atoms with Crippen molar-refractivity contribution in [3.8, 4) is 5.75 Å². The molecular formula is C20H27N5O6. The van der Waals surface area contributed by atoms with E-state index in [4.69, 9.17) is 10.5 Å². The van der Waals surface area contributed by atoms with Crippen molar-refractivity contribution >= 4 is 23.1 Å². The number of nitrogens with one attached hydrogen (secondary N) is 1. The third kappa shape index (κ3) is 5.71. The van der Waals surface area contributed by atoms with E-state index in [1.165, 1.54) is 27.7 Å². The number of nitrogens with zero attached hydrogens (tertiary/aromatic N) is 3. The van der Waals surface area contributed by atoms with Crippen LogP contribution in [-0.4, -0.2) is 33.5 Å². The van der Waals surface area contributed by atoms with Gasteiger partial charge in [-0.2, -0.15) is 0 Å². The van der Waals surface area contributed by atoms with Crippen LogP contribution in [0, 0.1) is 16.0 Å². The van der Waals surface area contributed by atoms with Gasteiger partial charge in [-0.05, 0) is 18.4 Å². The van der Waals surface area contributed by atoms with Crippen molar-refractivity contribution in [2.45, 2.75) is 40.2 Å². The maximum Gasteiger partial charge on any atom is 0.330 e. The molecule has 0 bridgehead atoms. The van der Waals surface area contributed by atoms with Gasteiger partial charge in [0.05, 0.1) is 4.92 Å². The molecule has 1 aromatic carbocycles. The lowest BCUT2D eigenvalue weighted by molar-refractivity contribution is -0.385.